The highest BCUT2D eigenvalue weighted by molar-refractivity contribution is 6.00. The molecule has 5 nitrogen and oxygen atoms in total. The second-order valence-corrected chi connectivity index (χ2v) is 9.28. The third-order valence-corrected chi connectivity index (χ3v) is 6.83. The summed E-state index contributed by atoms with van der Waals surface area (Å²) in [6, 6.07) is 14.6. The van der Waals surface area contributed by atoms with E-state index < -0.39 is 5.92 Å². The van der Waals surface area contributed by atoms with Gasteiger partial charge in [-0.15, -0.1) is 0 Å². The SMILES string of the molecule is CC(C)c1cccc(N2CC(C(=O)NCC3(c4cccc(F)c4)CCOCC3)CC2=O)c1. The Bertz CT molecular complexity index is 985. The van der Waals surface area contributed by atoms with Gasteiger partial charge in [0.05, 0.1) is 5.92 Å². The molecule has 0 aromatic heterocycles. The number of benzene rings is 2. The minimum Gasteiger partial charge on any atom is -0.381 e. The molecular formula is C26H31FN2O3. The summed E-state index contributed by atoms with van der Waals surface area (Å²) in [7, 11) is 0. The topological polar surface area (TPSA) is 58.6 Å². The smallest absolute Gasteiger partial charge is 0.227 e. The van der Waals surface area contributed by atoms with Gasteiger partial charge in [0.25, 0.3) is 0 Å². The van der Waals surface area contributed by atoms with E-state index in [1.807, 2.05) is 24.3 Å². The summed E-state index contributed by atoms with van der Waals surface area (Å²) in [6.07, 6.45) is 1.64. The van der Waals surface area contributed by atoms with Crippen molar-refractivity contribution in [3.05, 3.63) is 65.5 Å². The molecule has 1 atom stereocenters. The van der Waals surface area contributed by atoms with Gasteiger partial charge in [0, 0.05) is 43.8 Å². The van der Waals surface area contributed by atoms with Crippen LogP contribution in [0.3, 0.4) is 0 Å². The summed E-state index contributed by atoms with van der Waals surface area (Å²) in [4.78, 5) is 27.4. The lowest BCUT2D eigenvalue weighted by molar-refractivity contribution is -0.126. The summed E-state index contributed by atoms with van der Waals surface area (Å²) in [5.74, 6) is -0.458. The van der Waals surface area contributed by atoms with Crippen LogP contribution in [0.4, 0.5) is 10.1 Å². The van der Waals surface area contributed by atoms with Crippen molar-refractivity contribution in [2.75, 3.05) is 31.2 Å². The first-order chi connectivity index (χ1) is 15.4. The Labute approximate surface area is 188 Å². The van der Waals surface area contributed by atoms with Crippen molar-refractivity contribution in [3.63, 3.8) is 0 Å². The van der Waals surface area contributed by atoms with Crippen LogP contribution in [0.15, 0.2) is 48.5 Å². The molecular weight excluding hydrogens is 407 g/mol. The molecule has 2 aliphatic rings. The molecule has 32 heavy (non-hydrogen) atoms. The zero-order valence-electron chi connectivity index (χ0n) is 18.8. The molecule has 4 rings (SSSR count). The summed E-state index contributed by atoms with van der Waals surface area (Å²) < 4.78 is 19.4. The van der Waals surface area contributed by atoms with Gasteiger partial charge in [-0.1, -0.05) is 38.1 Å². The monoisotopic (exact) mass is 438 g/mol. The highest BCUT2D eigenvalue weighted by Gasteiger charge is 2.38. The van der Waals surface area contributed by atoms with E-state index in [0.717, 1.165) is 11.3 Å². The molecule has 2 fully saturated rings. The van der Waals surface area contributed by atoms with Gasteiger partial charge >= 0.3 is 0 Å². The molecule has 170 valence electrons. The average molecular weight is 439 g/mol. The first-order valence-electron chi connectivity index (χ1n) is 11.4. The lowest BCUT2D eigenvalue weighted by atomic mass is 9.74. The van der Waals surface area contributed by atoms with Crippen LogP contribution in [0.5, 0.6) is 0 Å². The van der Waals surface area contributed by atoms with Crippen molar-refractivity contribution in [1.82, 2.24) is 5.32 Å². The Morgan fingerprint density at radius 1 is 1.19 bits per heavy atom. The first kappa shape index (κ1) is 22.5. The zero-order valence-corrected chi connectivity index (χ0v) is 18.8. The van der Waals surface area contributed by atoms with Crippen molar-refractivity contribution >= 4 is 17.5 Å². The van der Waals surface area contributed by atoms with E-state index in [-0.39, 0.29) is 29.5 Å². The molecule has 2 amide bonds. The Morgan fingerprint density at radius 3 is 2.66 bits per heavy atom. The summed E-state index contributed by atoms with van der Waals surface area (Å²) in [6.45, 7) is 6.18. The second-order valence-electron chi connectivity index (χ2n) is 9.28. The van der Waals surface area contributed by atoms with E-state index in [9.17, 15) is 14.0 Å². The molecule has 2 heterocycles. The van der Waals surface area contributed by atoms with E-state index in [2.05, 4.69) is 25.2 Å². The molecule has 2 saturated heterocycles. The van der Waals surface area contributed by atoms with E-state index >= 15 is 0 Å². The van der Waals surface area contributed by atoms with Crippen molar-refractivity contribution in [2.24, 2.45) is 5.92 Å². The number of ether oxygens (including phenoxy) is 1. The minimum atomic E-state index is -0.394. The fourth-order valence-electron chi connectivity index (χ4n) is 4.73. The van der Waals surface area contributed by atoms with Gasteiger partial charge in [-0.25, -0.2) is 4.39 Å². The number of nitrogens with one attached hydrogen (secondary N) is 1. The van der Waals surface area contributed by atoms with Gasteiger partial charge < -0.3 is 15.0 Å². The molecule has 2 aromatic rings. The quantitative estimate of drug-likeness (QED) is 0.737. The number of carbonyl (C=O) groups is 2. The number of halogens is 1. The van der Waals surface area contributed by atoms with Crippen LogP contribution in [0.25, 0.3) is 0 Å². The van der Waals surface area contributed by atoms with Crippen LogP contribution in [0.2, 0.25) is 0 Å². The van der Waals surface area contributed by atoms with Gasteiger partial charge in [-0.2, -0.15) is 0 Å². The molecule has 0 radical (unpaired) electrons. The van der Waals surface area contributed by atoms with Crippen LogP contribution >= 0.6 is 0 Å². The van der Waals surface area contributed by atoms with Gasteiger partial charge in [0.1, 0.15) is 5.82 Å². The maximum Gasteiger partial charge on any atom is 0.227 e. The molecule has 0 aliphatic carbocycles. The molecule has 1 unspecified atom stereocenters. The molecule has 0 bridgehead atoms. The fourth-order valence-corrected chi connectivity index (χ4v) is 4.73. The largest absolute Gasteiger partial charge is 0.381 e. The Hall–Kier alpha value is -2.73. The van der Waals surface area contributed by atoms with Crippen LogP contribution in [-0.2, 0) is 19.7 Å². The number of rotatable bonds is 6. The third kappa shape index (κ3) is 4.70. The van der Waals surface area contributed by atoms with Crippen LogP contribution < -0.4 is 10.2 Å². The molecule has 2 aliphatic heterocycles. The van der Waals surface area contributed by atoms with Gasteiger partial charge in [0.15, 0.2) is 0 Å². The average Bonchev–Trinajstić information content (AvgIpc) is 3.20. The summed E-state index contributed by atoms with van der Waals surface area (Å²) in [5, 5.41) is 3.08. The molecule has 0 spiro atoms. The fraction of sp³-hybridized carbons (Fsp3) is 0.462. The number of hydrogen-bond donors (Lipinski definition) is 1. The highest BCUT2D eigenvalue weighted by Crippen LogP contribution is 2.35. The zero-order chi connectivity index (χ0) is 22.7. The van der Waals surface area contributed by atoms with Crippen molar-refractivity contribution in [2.45, 2.75) is 44.4 Å². The minimum absolute atomic E-state index is 0.0306. The van der Waals surface area contributed by atoms with Crippen LogP contribution in [0, 0.1) is 11.7 Å². The summed E-state index contributed by atoms with van der Waals surface area (Å²) >= 11 is 0. The number of carbonyl (C=O) groups excluding carboxylic acids is 2. The standard InChI is InChI=1S/C26H31FN2O3/c1-18(2)19-5-3-8-23(13-19)29-16-20(14-24(29)30)25(31)28-17-26(9-11-32-12-10-26)21-6-4-7-22(27)15-21/h3-8,13,15,18,20H,9-12,14,16-17H2,1-2H3,(H,28,31). The predicted molar refractivity (Wildman–Crippen MR) is 122 cm³/mol. The summed E-state index contributed by atoms with van der Waals surface area (Å²) in [5.41, 5.74) is 2.54. The van der Waals surface area contributed by atoms with Crippen molar-refractivity contribution < 1.29 is 18.7 Å². The van der Waals surface area contributed by atoms with Gasteiger partial charge in [-0.3, -0.25) is 9.59 Å². The molecule has 0 saturated carbocycles. The Kier molecular flexibility index (Phi) is 6.60. The maximum absolute atomic E-state index is 13.9. The number of nitrogens with zero attached hydrogens (tertiary/aromatic N) is 1. The lowest BCUT2D eigenvalue weighted by Crippen LogP contribution is -2.46. The van der Waals surface area contributed by atoms with E-state index in [1.165, 1.54) is 11.6 Å². The van der Waals surface area contributed by atoms with Crippen molar-refractivity contribution in [3.8, 4) is 0 Å². The van der Waals surface area contributed by atoms with E-state index in [0.29, 0.717) is 45.1 Å². The Morgan fingerprint density at radius 2 is 1.94 bits per heavy atom. The number of amides is 2. The van der Waals surface area contributed by atoms with Gasteiger partial charge in [-0.05, 0) is 54.2 Å². The predicted octanol–water partition coefficient (Wildman–Crippen LogP) is 4.17. The van der Waals surface area contributed by atoms with E-state index in [4.69, 9.17) is 4.74 Å². The highest BCUT2D eigenvalue weighted by atomic mass is 19.1. The van der Waals surface area contributed by atoms with Crippen LogP contribution in [-0.4, -0.2) is 38.1 Å². The van der Waals surface area contributed by atoms with E-state index in [1.54, 1.807) is 17.0 Å². The number of hydrogen-bond acceptors (Lipinski definition) is 3. The van der Waals surface area contributed by atoms with Crippen molar-refractivity contribution in [1.29, 1.82) is 0 Å². The molecule has 6 heteroatoms. The second kappa shape index (κ2) is 9.41. The molecule has 2 aromatic carbocycles. The molecule has 1 N–H and O–H groups in total. The Balaban J connectivity index is 1.44. The lowest BCUT2D eigenvalue weighted by Gasteiger charge is -2.38. The third-order valence-electron chi connectivity index (χ3n) is 6.83. The number of anilines is 1. The maximum atomic E-state index is 13.9. The first-order valence-corrected chi connectivity index (χ1v) is 11.4. The van der Waals surface area contributed by atoms with Crippen LogP contribution in [0.1, 0.15) is 50.2 Å². The normalized spacial score (nSPS) is 20.6. The van der Waals surface area contributed by atoms with Gasteiger partial charge in [0.2, 0.25) is 11.8 Å².